The first kappa shape index (κ1) is 103. The predicted molar refractivity (Wildman–Crippen MR) is 438 cm³/mol. The van der Waals surface area contributed by atoms with Gasteiger partial charge in [0.1, 0.15) is 28.0 Å². The molecule has 0 radical (unpaired) electrons. The maximum atomic E-state index is 13.1. The highest BCUT2D eigenvalue weighted by Gasteiger charge is 2.59. The maximum absolute atomic E-state index is 13.1. The Balaban J connectivity index is 0.000000251. The molecular weight excluding hydrogens is 1570 g/mol. The zero-order valence-corrected chi connectivity index (χ0v) is 74.7. The van der Waals surface area contributed by atoms with Crippen molar-refractivity contribution in [2.45, 2.75) is 337 Å². The normalized spacial score (nSPS) is 28.0. The van der Waals surface area contributed by atoms with E-state index < -0.39 is 63.7 Å². The number of imide groups is 2. The Morgan fingerprint density at radius 2 is 1.02 bits per heavy atom. The highest BCUT2D eigenvalue weighted by atomic mass is 19.4. The highest BCUT2D eigenvalue weighted by Crippen LogP contribution is 2.53. The largest absolute Gasteiger partial charge is 0.490 e. The fourth-order valence-corrected chi connectivity index (χ4v) is 19.0. The molecule has 7 aliphatic carbocycles. The number of ether oxygens (including phenoxy) is 7. The van der Waals surface area contributed by atoms with E-state index in [1.807, 2.05) is 89.2 Å². The summed E-state index contributed by atoms with van der Waals surface area (Å²) in [6.45, 7) is 32.5. The van der Waals surface area contributed by atoms with Gasteiger partial charge in [-0.15, -0.1) is 0 Å². The molecule has 0 aromatic rings. The van der Waals surface area contributed by atoms with Gasteiger partial charge in [-0.25, -0.2) is 33.8 Å². The van der Waals surface area contributed by atoms with Crippen LogP contribution >= 0.6 is 0 Å². The minimum atomic E-state index is -5.08. The number of fused-ring (bicyclic) bond motifs is 5. The van der Waals surface area contributed by atoms with E-state index in [1.165, 1.54) is 81.8 Å². The van der Waals surface area contributed by atoms with Crippen LogP contribution in [0.3, 0.4) is 0 Å². The quantitative estimate of drug-likeness (QED) is 0.0683. The molecule has 32 heteroatoms. The number of alkyl halides is 3. The SMILES string of the molecule is CC(C)(C)OC(=O)C[C@@]12CCCC[C@@H]1CN(C(=O)OC(C)(C)C)C2.CC(C)(C)OC(=O)C[C@@]12CCCC[C@@H]1CN(C(=O)OC(C)(C)C)C2=O.CC(C)(C)OC(=O)N1CC2CCCCC2C1=O.COC(=O)C1=CCCCC1.COC(=O)C1CCCCC1C[N+](=O)[O-].O=C(O)C(F)(F)F.O=C(O)C[C@@]12CCCC[C@@H]1CNC2.O=C1NCC2CCCCC12. The van der Waals surface area contributed by atoms with Gasteiger partial charge >= 0.3 is 60.3 Å². The number of methoxy groups -OCH3 is 2. The van der Waals surface area contributed by atoms with Crippen molar-refractivity contribution in [3.8, 4) is 0 Å². The van der Waals surface area contributed by atoms with Gasteiger partial charge in [0.15, 0.2) is 0 Å². The van der Waals surface area contributed by atoms with E-state index >= 15 is 0 Å². The van der Waals surface area contributed by atoms with Gasteiger partial charge < -0.3 is 58.9 Å². The highest BCUT2D eigenvalue weighted by molar-refractivity contribution is 6.00. The Hall–Kier alpha value is -7.67. The Bertz CT molecular complexity index is 3520. The van der Waals surface area contributed by atoms with Crippen molar-refractivity contribution in [3.63, 3.8) is 0 Å². The molecule has 5 saturated heterocycles. The summed E-state index contributed by atoms with van der Waals surface area (Å²) >= 11 is 0. The van der Waals surface area contributed by atoms with Crippen LogP contribution in [0.15, 0.2) is 11.6 Å². The lowest BCUT2D eigenvalue weighted by Crippen LogP contribution is -2.44. The van der Waals surface area contributed by atoms with Gasteiger partial charge in [0.25, 0.3) is 0 Å². The van der Waals surface area contributed by atoms with Crippen LogP contribution in [0.1, 0.15) is 303 Å². The van der Waals surface area contributed by atoms with Crippen LogP contribution in [-0.2, 0) is 76.3 Å². The Morgan fingerprint density at radius 3 is 1.53 bits per heavy atom. The lowest BCUT2D eigenvalue weighted by molar-refractivity contribution is -0.490. The molecule has 6 amide bonds. The summed E-state index contributed by atoms with van der Waals surface area (Å²) in [5.41, 5.74) is -2.77. The van der Waals surface area contributed by atoms with Crippen molar-refractivity contribution in [1.29, 1.82) is 0 Å². The fraction of sp³-hybridized carbons (Fsp3) is 0.841. The van der Waals surface area contributed by atoms with Crippen molar-refractivity contribution >= 4 is 71.8 Å². The Morgan fingerprint density at radius 1 is 0.525 bits per heavy atom. The van der Waals surface area contributed by atoms with Crippen molar-refractivity contribution in [1.82, 2.24) is 25.3 Å². The zero-order chi connectivity index (χ0) is 90.2. The molecule has 6 saturated carbocycles. The Kier molecular flexibility index (Phi) is 38.7. The van der Waals surface area contributed by atoms with Gasteiger partial charge in [-0.3, -0.25) is 43.7 Å². The summed E-state index contributed by atoms with van der Waals surface area (Å²) in [6, 6.07) is 0. The molecule has 4 N–H and O–H groups in total. The van der Waals surface area contributed by atoms with Crippen LogP contribution in [0.4, 0.5) is 27.6 Å². The number of hydrogen-bond acceptors (Lipinski definition) is 22. The minimum absolute atomic E-state index is 0.00575. The van der Waals surface area contributed by atoms with E-state index in [2.05, 4.69) is 20.1 Å². The summed E-state index contributed by atoms with van der Waals surface area (Å²) in [7, 11) is 2.76. The van der Waals surface area contributed by atoms with Crippen molar-refractivity contribution in [2.24, 2.45) is 69.5 Å². The molecule has 12 atom stereocenters. The number of carboxylic acids is 2. The number of halogens is 3. The summed E-state index contributed by atoms with van der Waals surface area (Å²) < 4.78 is 68.1. The number of aliphatic carboxylic acids is 2. The van der Waals surface area contributed by atoms with Gasteiger partial charge in [0, 0.05) is 72.9 Å². The number of hydrogen-bond donors (Lipinski definition) is 4. The number of carbonyl (C=O) groups excluding carboxylic acids is 10. The molecule has 5 heterocycles. The number of nitro groups is 1. The number of nitrogens with one attached hydrogen (secondary N) is 2. The molecule has 0 aromatic heterocycles. The molecule has 0 spiro atoms. The number of rotatable bonds is 10. The molecular formula is C88H143F3N6O23. The number of esters is 4. The molecule has 5 aliphatic heterocycles. The Labute approximate surface area is 708 Å². The number of amides is 6. The number of allylic oxidation sites excluding steroid dienone is 1. The average Bonchev–Trinajstić information content (AvgIpc) is 1.60. The van der Waals surface area contributed by atoms with Crippen LogP contribution in [0.5, 0.6) is 0 Å². The van der Waals surface area contributed by atoms with E-state index in [0.717, 1.165) is 141 Å². The van der Waals surface area contributed by atoms with Gasteiger partial charge in [-0.2, -0.15) is 13.2 Å². The molecule has 6 unspecified atom stereocenters. The van der Waals surface area contributed by atoms with Crippen molar-refractivity contribution in [2.75, 3.05) is 66.6 Å². The standard InChI is InChI=1S/C19H31NO5.C19H33NO4.C13H21NO3.C10H17NO2.C9H15NO4.C8H13NO.C8H12O2.C2HF3O2/c1-17(2,3)24-14(21)11-19-10-8-7-9-13(19)12-20(15(19)22)16(23)25-18(4,5)6;1-17(2,3)23-15(21)11-19-10-8-7-9-14(19)12-20(13-19)16(22)24-18(4,5)6;1-13(2,3)17-12(16)14-8-9-6-4-5-7-10(9)11(14)15;12-9(13)5-10-4-2-1-3-8(10)6-11-7-10;1-14-9(11)8-5-3-2-4-7(8)6-10(12)13;10-8-7-4-2-1-3-6(7)5-9-8;1-10-8(9)7-5-3-2-4-6-7;3-2(4,5)1(6)7/h13H,7-12H2,1-6H3;14H,7-13H2,1-6H3;9-10H,4-8H2,1-3H3;8,11H,1-7H2,(H,12,13);7-8H,2-6H2,1H3;6-7H,1-5H2,(H,9,10);5H,2-4,6H2,1H3;(H,6,7)/t13-,19+;14-,19-;;8-,10-;;;;/m11.1..../s1. The van der Waals surface area contributed by atoms with E-state index in [-0.39, 0.29) is 94.2 Å². The summed E-state index contributed by atoms with van der Waals surface area (Å²) in [5.74, 6) is -2.28. The first-order valence-corrected chi connectivity index (χ1v) is 43.6. The molecule has 12 rings (SSSR count). The molecule has 0 bridgehead atoms. The smallest absolute Gasteiger partial charge is 0.481 e. The molecule has 11 fully saturated rings. The molecule has 29 nitrogen and oxygen atoms in total. The second kappa shape index (κ2) is 45.1. The first-order valence-electron chi connectivity index (χ1n) is 43.6. The van der Waals surface area contributed by atoms with Crippen LogP contribution in [-0.4, -0.2) is 202 Å². The van der Waals surface area contributed by atoms with E-state index in [4.69, 9.17) is 38.7 Å². The van der Waals surface area contributed by atoms with E-state index in [9.17, 15) is 76.0 Å². The predicted octanol–water partition coefficient (Wildman–Crippen LogP) is 16.1. The number of likely N-dealkylation sites (tertiary alicyclic amines) is 3. The van der Waals surface area contributed by atoms with Gasteiger partial charge in [-0.05, 0) is 248 Å². The molecule has 12 aliphatic rings. The van der Waals surface area contributed by atoms with E-state index in [1.54, 1.807) is 25.7 Å². The van der Waals surface area contributed by atoms with Crippen LogP contribution < -0.4 is 10.6 Å². The third kappa shape index (κ3) is 32.9. The van der Waals surface area contributed by atoms with Crippen LogP contribution in [0.25, 0.3) is 0 Å². The fourth-order valence-electron chi connectivity index (χ4n) is 19.0. The lowest BCUT2D eigenvalue weighted by atomic mass is 9.66. The maximum Gasteiger partial charge on any atom is 0.490 e. The second-order valence-corrected chi connectivity index (χ2v) is 39.6. The first-order chi connectivity index (χ1) is 55.7. The molecule has 684 valence electrons. The summed E-state index contributed by atoms with van der Waals surface area (Å²) in [4.78, 5) is 154. The van der Waals surface area contributed by atoms with Crippen molar-refractivity contribution < 1.29 is 119 Å². The lowest BCUT2D eigenvalue weighted by Gasteiger charge is -2.38. The number of nitrogens with zero attached hydrogens (tertiary/aromatic N) is 4. The van der Waals surface area contributed by atoms with Crippen LogP contribution in [0, 0.1) is 79.6 Å². The average molecular weight is 1710 g/mol. The third-order valence-electron chi connectivity index (χ3n) is 24.4. The molecule has 0 aromatic carbocycles. The monoisotopic (exact) mass is 1710 g/mol. The molecule has 120 heavy (non-hydrogen) atoms. The minimum Gasteiger partial charge on any atom is -0.481 e. The van der Waals surface area contributed by atoms with Gasteiger partial charge in [0.05, 0.1) is 44.8 Å². The summed E-state index contributed by atoms with van der Waals surface area (Å²) in [5, 5.41) is 32.7. The van der Waals surface area contributed by atoms with Crippen LogP contribution in [0.2, 0.25) is 0 Å². The third-order valence-corrected chi connectivity index (χ3v) is 24.4. The topological polar surface area (TPSA) is 387 Å². The van der Waals surface area contributed by atoms with Crippen molar-refractivity contribution in [3.05, 3.63) is 21.8 Å². The number of carbonyl (C=O) groups is 12. The summed E-state index contributed by atoms with van der Waals surface area (Å²) in [6.07, 6.45) is 25.8. The van der Waals surface area contributed by atoms with Gasteiger partial charge in [-0.1, -0.05) is 83.1 Å². The zero-order valence-electron chi connectivity index (χ0n) is 74.7. The van der Waals surface area contributed by atoms with E-state index in [0.29, 0.717) is 80.9 Å². The number of carboxylic acid groups (broad SMARTS) is 2. The second-order valence-electron chi connectivity index (χ2n) is 39.6. The van der Waals surface area contributed by atoms with Gasteiger partial charge in [0.2, 0.25) is 24.3 Å².